The molecule has 4 nitrogen and oxygen atoms in total. The summed E-state index contributed by atoms with van der Waals surface area (Å²) in [4.78, 5) is 13.6. The zero-order chi connectivity index (χ0) is 15.9. The van der Waals surface area contributed by atoms with Crippen molar-refractivity contribution in [3.05, 3.63) is 18.2 Å². The summed E-state index contributed by atoms with van der Waals surface area (Å²) in [6.45, 7) is 5.54. The number of carbonyl (C=O) groups is 1. The van der Waals surface area contributed by atoms with E-state index in [0.717, 1.165) is 18.0 Å². The average Bonchev–Trinajstić information content (AvgIpc) is 3.11. The van der Waals surface area contributed by atoms with Crippen LogP contribution in [0.5, 0.6) is 5.75 Å². The first-order valence-electron chi connectivity index (χ1n) is 8.36. The van der Waals surface area contributed by atoms with Crippen molar-refractivity contribution in [2.24, 2.45) is 0 Å². The Kier molecular flexibility index (Phi) is 6.25. The van der Waals surface area contributed by atoms with E-state index in [9.17, 15) is 4.79 Å². The van der Waals surface area contributed by atoms with Crippen LogP contribution in [0.2, 0.25) is 0 Å². The van der Waals surface area contributed by atoms with E-state index in [1.54, 1.807) is 12.1 Å². The van der Waals surface area contributed by atoms with E-state index in [2.05, 4.69) is 18.9 Å². The van der Waals surface area contributed by atoms with E-state index >= 15 is 0 Å². The molecule has 122 valence electrons. The molecule has 3 heterocycles. The number of benzene rings is 1. The Hall–Kier alpha value is -1.55. The van der Waals surface area contributed by atoms with Crippen LogP contribution in [0.25, 0.3) is 11.2 Å². The Morgan fingerprint density at radius 3 is 2.68 bits per heavy atom. The number of fused-ring (bicyclic) bond motifs is 2. The summed E-state index contributed by atoms with van der Waals surface area (Å²) < 4.78 is 10.3. The predicted octanol–water partition coefficient (Wildman–Crippen LogP) is 4.46. The summed E-state index contributed by atoms with van der Waals surface area (Å²) in [5.41, 5.74) is 1.38. The lowest BCUT2D eigenvalue weighted by Gasteiger charge is -2.31. The number of piperidine rings is 1. The van der Waals surface area contributed by atoms with Crippen LogP contribution in [0.4, 0.5) is 0 Å². The van der Waals surface area contributed by atoms with Crippen molar-refractivity contribution in [2.45, 2.75) is 58.4 Å². The van der Waals surface area contributed by atoms with E-state index in [0.29, 0.717) is 17.8 Å². The van der Waals surface area contributed by atoms with E-state index < -0.39 is 0 Å². The summed E-state index contributed by atoms with van der Waals surface area (Å²) >= 11 is 0. The van der Waals surface area contributed by atoms with Gasteiger partial charge in [0.15, 0.2) is 11.3 Å². The molecule has 2 aromatic heterocycles. The third kappa shape index (κ3) is 4.47. The zero-order valence-electron chi connectivity index (χ0n) is 13.9. The number of rotatable bonds is 4. The van der Waals surface area contributed by atoms with Crippen LogP contribution in [-0.4, -0.2) is 30.5 Å². The summed E-state index contributed by atoms with van der Waals surface area (Å²) in [7, 11) is 2.24. The second-order valence-electron chi connectivity index (χ2n) is 5.97. The maximum Gasteiger partial charge on any atom is 0.311 e. The van der Waals surface area contributed by atoms with Gasteiger partial charge in [-0.1, -0.05) is 20.3 Å². The van der Waals surface area contributed by atoms with Crippen molar-refractivity contribution in [3.63, 3.8) is 0 Å². The van der Waals surface area contributed by atoms with Crippen LogP contribution in [0, 0.1) is 0 Å². The number of carbonyl (C=O) groups excluding carboxylic acids is 1. The lowest BCUT2D eigenvalue weighted by atomic mass is 10.0. The second kappa shape index (κ2) is 8.18. The number of esters is 1. The van der Waals surface area contributed by atoms with Gasteiger partial charge < -0.3 is 14.1 Å². The van der Waals surface area contributed by atoms with E-state index in [1.165, 1.54) is 32.2 Å². The average molecular weight is 305 g/mol. The highest BCUT2D eigenvalue weighted by atomic mass is 16.5. The summed E-state index contributed by atoms with van der Waals surface area (Å²) in [6.07, 6.45) is 6.86. The zero-order valence-corrected chi connectivity index (χ0v) is 13.9. The van der Waals surface area contributed by atoms with Gasteiger partial charge in [-0.05, 0) is 51.4 Å². The highest BCUT2D eigenvalue weighted by Crippen LogP contribution is 2.29. The highest BCUT2D eigenvalue weighted by Gasteiger charge is 2.15. The molecule has 0 saturated carbocycles. The first-order chi connectivity index (χ1) is 10.6. The molecule has 4 heteroatoms. The minimum atomic E-state index is -0.202. The number of hydrogen-bond acceptors (Lipinski definition) is 4. The van der Waals surface area contributed by atoms with Gasteiger partial charge in [0.05, 0.1) is 0 Å². The van der Waals surface area contributed by atoms with Gasteiger partial charge in [-0.3, -0.25) is 4.79 Å². The van der Waals surface area contributed by atoms with Crippen LogP contribution >= 0.6 is 0 Å². The smallest absolute Gasteiger partial charge is 0.311 e. The van der Waals surface area contributed by atoms with Crippen LogP contribution in [0.1, 0.15) is 52.4 Å². The van der Waals surface area contributed by atoms with E-state index in [-0.39, 0.29) is 5.97 Å². The lowest BCUT2D eigenvalue weighted by molar-refractivity contribution is -0.134. The molecule has 0 aromatic carbocycles. The molecule has 1 aliphatic heterocycles. The Labute approximate surface area is 132 Å². The molecular formula is C18H27NO3. The quantitative estimate of drug-likeness (QED) is 0.618. The normalized spacial score (nSPS) is 19.0. The van der Waals surface area contributed by atoms with Crippen LogP contribution in [0.15, 0.2) is 22.6 Å². The second-order valence-corrected chi connectivity index (χ2v) is 5.97. The van der Waals surface area contributed by atoms with Gasteiger partial charge in [0.2, 0.25) is 0 Å². The van der Waals surface area contributed by atoms with Gasteiger partial charge in [-0.15, -0.1) is 0 Å². The van der Waals surface area contributed by atoms with Gasteiger partial charge in [-0.25, -0.2) is 0 Å². The van der Waals surface area contributed by atoms with Crippen molar-refractivity contribution < 1.29 is 13.9 Å². The van der Waals surface area contributed by atoms with Gasteiger partial charge >= 0.3 is 5.97 Å². The minimum absolute atomic E-state index is 0.202. The molecule has 1 unspecified atom stereocenters. The SMILES string of the molecule is CCC1CCCCN1C.CCCC(=O)Oc1cc2ccc1o2. The fourth-order valence-electron chi connectivity index (χ4n) is 2.88. The van der Waals surface area contributed by atoms with E-state index in [1.807, 2.05) is 13.0 Å². The molecule has 0 amide bonds. The van der Waals surface area contributed by atoms with Crippen LogP contribution in [0.3, 0.4) is 0 Å². The molecule has 1 atom stereocenters. The molecular weight excluding hydrogens is 278 g/mol. The lowest BCUT2D eigenvalue weighted by Crippen LogP contribution is -2.35. The molecule has 0 spiro atoms. The first kappa shape index (κ1) is 16.8. The molecule has 0 aliphatic carbocycles. The molecule has 1 aliphatic rings. The van der Waals surface area contributed by atoms with Crippen LogP contribution in [-0.2, 0) is 4.79 Å². The Balaban J connectivity index is 0.000000172. The summed E-state index contributed by atoms with van der Waals surface area (Å²) in [6, 6.07) is 6.25. The van der Waals surface area contributed by atoms with Crippen molar-refractivity contribution >= 4 is 17.1 Å². The Morgan fingerprint density at radius 2 is 2.18 bits per heavy atom. The molecule has 2 bridgehead atoms. The minimum Gasteiger partial charge on any atom is -0.453 e. The molecule has 1 saturated heterocycles. The van der Waals surface area contributed by atoms with Gasteiger partial charge in [0.1, 0.15) is 5.58 Å². The molecule has 1 fully saturated rings. The third-order valence-corrected chi connectivity index (χ3v) is 4.21. The van der Waals surface area contributed by atoms with Gasteiger partial charge in [0, 0.05) is 18.5 Å². The highest BCUT2D eigenvalue weighted by molar-refractivity contribution is 5.78. The Morgan fingerprint density at radius 1 is 1.36 bits per heavy atom. The standard InChI is InChI=1S/C10H10O3.C8H17N/c1-2-3-10(11)13-9-6-7-4-5-8(9)12-7;1-3-8-6-4-5-7-9(8)2/h4-6H,2-3H2,1H3;8H,3-7H2,1-2H3. The number of ether oxygens (including phenoxy) is 1. The van der Waals surface area contributed by atoms with Crippen molar-refractivity contribution in [1.82, 2.24) is 4.90 Å². The maximum atomic E-state index is 11.1. The number of furan rings is 2. The predicted molar refractivity (Wildman–Crippen MR) is 88.5 cm³/mol. The fourth-order valence-corrected chi connectivity index (χ4v) is 2.88. The van der Waals surface area contributed by atoms with Gasteiger partial charge in [-0.2, -0.15) is 0 Å². The van der Waals surface area contributed by atoms with Gasteiger partial charge in [0.25, 0.3) is 0 Å². The largest absolute Gasteiger partial charge is 0.453 e. The maximum absolute atomic E-state index is 11.1. The van der Waals surface area contributed by atoms with Crippen molar-refractivity contribution in [2.75, 3.05) is 13.6 Å². The van der Waals surface area contributed by atoms with Crippen LogP contribution < -0.4 is 4.74 Å². The topological polar surface area (TPSA) is 42.7 Å². The Bertz CT molecular complexity index is 563. The molecule has 0 radical (unpaired) electrons. The summed E-state index contributed by atoms with van der Waals surface area (Å²) in [5.74, 6) is 0.336. The molecule has 3 rings (SSSR count). The van der Waals surface area contributed by atoms with Crippen molar-refractivity contribution in [1.29, 1.82) is 0 Å². The fraction of sp³-hybridized carbons (Fsp3) is 0.611. The van der Waals surface area contributed by atoms with E-state index in [4.69, 9.17) is 9.15 Å². The monoisotopic (exact) mass is 305 g/mol. The third-order valence-electron chi connectivity index (χ3n) is 4.21. The number of likely N-dealkylation sites (tertiary alicyclic amines) is 1. The molecule has 2 aromatic rings. The molecule has 22 heavy (non-hydrogen) atoms. The molecule has 0 N–H and O–H groups in total. The first-order valence-corrected chi connectivity index (χ1v) is 8.36. The van der Waals surface area contributed by atoms with Crippen molar-refractivity contribution in [3.8, 4) is 5.75 Å². The number of hydrogen-bond donors (Lipinski definition) is 0. The summed E-state index contributed by atoms with van der Waals surface area (Å²) in [5, 5.41) is 0. The number of nitrogens with zero attached hydrogens (tertiary/aromatic N) is 1.